The van der Waals surface area contributed by atoms with Crippen LogP contribution in [0, 0.1) is 0 Å². The summed E-state index contributed by atoms with van der Waals surface area (Å²) in [6, 6.07) is 0.206. The average Bonchev–Trinajstić information content (AvgIpc) is 2.28. The quantitative estimate of drug-likeness (QED) is 0.655. The van der Waals surface area contributed by atoms with E-state index in [1.165, 1.54) is 6.07 Å². The molecule has 0 saturated heterocycles. The third-order valence-electron chi connectivity index (χ3n) is 2.37. The summed E-state index contributed by atoms with van der Waals surface area (Å²) in [6.45, 7) is -1.52. The zero-order chi connectivity index (χ0) is 14.1. The lowest BCUT2D eigenvalue weighted by molar-refractivity contribution is -0.0717. The predicted octanol–water partition coefficient (Wildman–Crippen LogP) is 1.90. The molecule has 0 aliphatic heterocycles. The molecule has 1 rings (SSSR count). The SMILES string of the molecule is Cl.N[C@H](c1c(Br)ccc(C(=O)O)c1O)C(F)(F)CO. The molecule has 1 aromatic carbocycles. The van der Waals surface area contributed by atoms with Crippen LogP contribution in [-0.4, -0.2) is 33.8 Å². The third-order valence-corrected chi connectivity index (χ3v) is 3.06. The zero-order valence-electron chi connectivity index (χ0n) is 9.31. The highest BCUT2D eigenvalue weighted by molar-refractivity contribution is 9.10. The first kappa shape index (κ1) is 18.0. The number of alkyl halides is 2. The number of aromatic carboxylic acids is 1. The normalized spacial score (nSPS) is 12.7. The van der Waals surface area contributed by atoms with Crippen molar-refractivity contribution < 1.29 is 28.9 Å². The summed E-state index contributed by atoms with van der Waals surface area (Å²) in [5, 5.41) is 27.0. The molecule has 1 atom stereocenters. The van der Waals surface area contributed by atoms with E-state index in [1.54, 1.807) is 0 Å². The molecule has 0 unspecified atom stereocenters. The molecule has 0 saturated carbocycles. The number of carboxylic acids is 1. The Kier molecular flexibility index (Phi) is 6.14. The maximum atomic E-state index is 13.3. The van der Waals surface area contributed by atoms with Crippen molar-refractivity contribution in [3.8, 4) is 5.75 Å². The van der Waals surface area contributed by atoms with Crippen LogP contribution in [0.5, 0.6) is 5.75 Å². The fourth-order valence-corrected chi connectivity index (χ4v) is 1.93. The van der Waals surface area contributed by atoms with Gasteiger partial charge in [-0.3, -0.25) is 0 Å². The van der Waals surface area contributed by atoms with E-state index in [1.807, 2.05) is 0 Å². The Labute approximate surface area is 121 Å². The number of carboxylic acid groups (broad SMARTS) is 1. The maximum Gasteiger partial charge on any atom is 0.339 e. The third kappa shape index (κ3) is 3.53. The molecule has 19 heavy (non-hydrogen) atoms. The molecule has 5 N–H and O–H groups in total. The van der Waals surface area contributed by atoms with Crippen molar-refractivity contribution in [2.75, 3.05) is 6.61 Å². The van der Waals surface area contributed by atoms with E-state index in [0.717, 1.165) is 6.07 Å². The molecular weight excluding hydrogens is 351 g/mol. The van der Waals surface area contributed by atoms with Crippen molar-refractivity contribution in [3.63, 3.8) is 0 Å². The number of hydrogen-bond acceptors (Lipinski definition) is 4. The van der Waals surface area contributed by atoms with Gasteiger partial charge in [0.2, 0.25) is 0 Å². The van der Waals surface area contributed by atoms with Gasteiger partial charge < -0.3 is 21.1 Å². The molecule has 0 aliphatic carbocycles. The zero-order valence-corrected chi connectivity index (χ0v) is 11.7. The Morgan fingerprint density at radius 2 is 2.00 bits per heavy atom. The predicted molar refractivity (Wildman–Crippen MR) is 69.0 cm³/mol. The van der Waals surface area contributed by atoms with Crippen molar-refractivity contribution >= 4 is 34.3 Å². The summed E-state index contributed by atoms with van der Waals surface area (Å²) in [5.74, 6) is -6.00. The fraction of sp³-hybridized carbons (Fsp3) is 0.300. The molecule has 0 fully saturated rings. The Morgan fingerprint density at radius 1 is 1.47 bits per heavy atom. The first-order valence-corrected chi connectivity index (χ1v) is 5.50. The summed E-state index contributed by atoms with van der Waals surface area (Å²) in [5.41, 5.74) is 4.25. The highest BCUT2D eigenvalue weighted by Crippen LogP contribution is 2.39. The molecule has 0 radical (unpaired) electrons. The lowest BCUT2D eigenvalue weighted by atomic mass is 9.98. The van der Waals surface area contributed by atoms with Gasteiger partial charge in [0.05, 0.1) is 0 Å². The number of aromatic hydroxyl groups is 1. The van der Waals surface area contributed by atoms with Crippen molar-refractivity contribution in [2.24, 2.45) is 5.73 Å². The summed E-state index contributed by atoms with van der Waals surface area (Å²) < 4.78 is 26.6. The van der Waals surface area contributed by atoms with Crippen LogP contribution < -0.4 is 5.73 Å². The van der Waals surface area contributed by atoms with Gasteiger partial charge in [-0.2, -0.15) is 0 Å². The average molecular weight is 363 g/mol. The number of nitrogens with two attached hydrogens (primary N) is 1. The topological polar surface area (TPSA) is 104 Å². The minimum Gasteiger partial charge on any atom is -0.507 e. The molecule has 0 amide bonds. The van der Waals surface area contributed by atoms with Gasteiger partial charge >= 0.3 is 5.97 Å². The van der Waals surface area contributed by atoms with E-state index < -0.39 is 41.4 Å². The summed E-state index contributed by atoms with van der Waals surface area (Å²) in [6.07, 6.45) is 0. The van der Waals surface area contributed by atoms with E-state index in [2.05, 4.69) is 15.9 Å². The van der Waals surface area contributed by atoms with Crippen LogP contribution in [0.1, 0.15) is 22.0 Å². The second-order valence-electron chi connectivity index (χ2n) is 3.56. The van der Waals surface area contributed by atoms with Gasteiger partial charge in [0.1, 0.15) is 24.0 Å². The number of carbonyl (C=O) groups is 1. The Morgan fingerprint density at radius 3 is 2.42 bits per heavy atom. The lowest BCUT2D eigenvalue weighted by Crippen LogP contribution is -2.36. The van der Waals surface area contributed by atoms with Crippen molar-refractivity contribution in [2.45, 2.75) is 12.0 Å². The minimum atomic E-state index is -3.68. The lowest BCUT2D eigenvalue weighted by Gasteiger charge is -2.23. The number of phenols is 1. The van der Waals surface area contributed by atoms with Gasteiger partial charge in [-0.05, 0) is 12.1 Å². The molecule has 5 nitrogen and oxygen atoms in total. The van der Waals surface area contributed by atoms with Crippen LogP contribution in [0.15, 0.2) is 16.6 Å². The molecule has 0 spiro atoms. The van der Waals surface area contributed by atoms with Gasteiger partial charge in [0, 0.05) is 10.0 Å². The first-order chi connectivity index (χ1) is 8.22. The summed E-state index contributed by atoms with van der Waals surface area (Å²) in [7, 11) is 0. The number of aliphatic hydroxyl groups excluding tert-OH is 1. The van der Waals surface area contributed by atoms with Gasteiger partial charge in [-0.25, -0.2) is 13.6 Å². The Balaban J connectivity index is 0.00000324. The molecule has 0 bridgehead atoms. The van der Waals surface area contributed by atoms with Gasteiger partial charge in [-0.1, -0.05) is 15.9 Å². The molecule has 1 aromatic rings. The van der Waals surface area contributed by atoms with Crippen LogP contribution in [0.3, 0.4) is 0 Å². The second-order valence-corrected chi connectivity index (χ2v) is 4.41. The number of benzene rings is 1. The number of halogens is 4. The van der Waals surface area contributed by atoms with E-state index in [4.69, 9.17) is 15.9 Å². The number of rotatable bonds is 4. The van der Waals surface area contributed by atoms with E-state index in [-0.39, 0.29) is 16.9 Å². The van der Waals surface area contributed by atoms with E-state index in [0.29, 0.717) is 0 Å². The molecule has 0 aromatic heterocycles. The van der Waals surface area contributed by atoms with Crippen LogP contribution in [0.2, 0.25) is 0 Å². The highest BCUT2D eigenvalue weighted by atomic mass is 79.9. The summed E-state index contributed by atoms with van der Waals surface area (Å²) >= 11 is 2.90. The van der Waals surface area contributed by atoms with Gasteiger partial charge in [0.25, 0.3) is 5.92 Å². The smallest absolute Gasteiger partial charge is 0.339 e. The van der Waals surface area contributed by atoms with Crippen LogP contribution in [-0.2, 0) is 0 Å². The van der Waals surface area contributed by atoms with Gasteiger partial charge in [0.15, 0.2) is 0 Å². The molecule has 108 valence electrons. The Hall–Kier alpha value is -0.960. The summed E-state index contributed by atoms with van der Waals surface area (Å²) in [4.78, 5) is 10.8. The molecular formula is C10H11BrClF2NO4. The van der Waals surface area contributed by atoms with Crippen LogP contribution >= 0.6 is 28.3 Å². The van der Waals surface area contributed by atoms with E-state index >= 15 is 0 Å². The maximum absolute atomic E-state index is 13.3. The first-order valence-electron chi connectivity index (χ1n) is 4.71. The fourth-order valence-electron chi connectivity index (χ4n) is 1.36. The van der Waals surface area contributed by atoms with Crippen molar-refractivity contribution in [3.05, 3.63) is 27.7 Å². The highest BCUT2D eigenvalue weighted by Gasteiger charge is 2.40. The number of aliphatic hydroxyl groups is 1. The standard InChI is InChI=1S/C10H10BrF2NO4.ClH/c11-5-2-1-4(9(17)18)7(16)6(5)8(14)10(12,13)3-15;/h1-2,8,15-16H,3,14H2,(H,17,18);1H/t8-;/m1./s1. The van der Waals surface area contributed by atoms with Crippen LogP contribution in [0.4, 0.5) is 8.78 Å². The van der Waals surface area contributed by atoms with Crippen LogP contribution in [0.25, 0.3) is 0 Å². The van der Waals surface area contributed by atoms with Gasteiger partial charge in [-0.15, -0.1) is 12.4 Å². The monoisotopic (exact) mass is 361 g/mol. The number of hydrogen-bond donors (Lipinski definition) is 4. The van der Waals surface area contributed by atoms with Crippen molar-refractivity contribution in [1.82, 2.24) is 0 Å². The molecule has 0 aliphatic rings. The minimum absolute atomic E-state index is 0. The van der Waals surface area contributed by atoms with E-state index in [9.17, 15) is 18.7 Å². The van der Waals surface area contributed by atoms with Crippen molar-refractivity contribution in [1.29, 1.82) is 0 Å². The largest absolute Gasteiger partial charge is 0.507 e. The molecule has 9 heteroatoms. The molecule has 0 heterocycles. The Bertz CT molecular complexity index is 487. The second kappa shape index (κ2) is 6.47.